The Morgan fingerprint density at radius 1 is 1.29 bits per heavy atom. The summed E-state index contributed by atoms with van der Waals surface area (Å²) in [6.45, 7) is 5.20. The Morgan fingerprint density at radius 2 is 2.05 bits per heavy atom. The second kappa shape index (κ2) is 12.3. The zero-order valence-corrected chi connectivity index (χ0v) is 24.0. The number of ether oxygens (including phenoxy) is 3. The van der Waals surface area contributed by atoms with Crippen molar-refractivity contribution in [2.24, 2.45) is 5.92 Å². The van der Waals surface area contributed by atoms with Gasteiger partial charge in [0.25, 0.3) is 0 Å². The lowest BCUT2D eigenvalue weighted by Gasteiger charge is -2.28. The molecule has 4 N–H and O–H groups in total. The zero-order valence-electron chi connectivity index (χ0n) is 23.1. The monoisotopic (exact) mass is 590 g/mol. The topological polar surface area (TPSA) is 182 Å². The van der Waals surface area contributed by atoms with E-state index < -0.39 is 44.1 Å². The molecule has 1 aromatic carbocycles. The van der Waals surface area contributed by atoms with Crippen LogP contribution >= 0.6 is 7.75 Å². The fourth-order valence-corrected chi connectivity index (χ4v) is 6.11. The first kappa shape index (κ1) is 29.2. The van der Waals surface area contributed by atoms with Crippen LogP contribution < -0.4 is 20.1 Å². The van der Waals surface area contributed by atoms with Crippen molar-refractivity contribution in [2.45, 2.75) is 70.6 Å². The molecule has 41 heavy (non-hydrogen) atoms. The van der Waals surface area contributed by atoms with Crippen LogP contribution in [0.15, 0.2) is 36.7 Å². The van der Waals surface area contributed by atoms with Gasteiger partial charge in [-0.1, -0.05) is 25.1 Å². The van der Waals surface area contributed by atoms with Crippen LogP contribution in [0.1, 0.15) is 46.3 Å². The normalized spacial score (nSPS) is 24.9. The number of fused-ring (bicyclic) bond motifs is 1. The zero-order chi connectivity index (χ0) is 29.1. The summed E-state index contributed by atoms with van der Waals surface area (Å²) in [5.74, 6) is -0.472. The van der Waals surface area contributed by atoms with Crippen molar-refractivity contribution < 1.29 is 37.7 Å². The number of carbonyl (C=O) groups excluding carboxylic acids is 1. The largest absolute Gasteiger partial charge is 0.476 e. The molecule has 3 aromatic rings. The van der Waals surface area contributed by atoms with Crippen molar-refractivity contribution in [3.8, 4) is 11.6 Å². The predicted molar refractivity (Wildman–Crippen MR) is 147 cm³/mol. The Labute approximate surface area is 237 Å². The molecule has 14 nitrogen and oxygen atoms in total. The van der Waals surface area contributed by atoms with Crippen molar-refractivity contribution >= 4 is 30.8 Å². The lowest BCUT2D eigenvalue weighted by atomic mass is 9.96. The summed E-state index contributed by atoms with van der Waals surface area (Å²) in [4.78, 5) is 25.3. The number of aromatic nitrogens is 4. The Kier molecular flexibility index (Phi) is 8.76. The van der Waals surface area contributed by atoms with Gasteiger partial charge in [-0.05, 0) is 45.2 Å². The summed E-state index contributed by atoms with van der Waals surface area (Å²) in [6.07, 6.45) is 1.39. The number of imidazole rings is 1. The van der Waals surface area contributed by atoms with E-state index in [-0.39, 0.29) is 30.3 Å². The summed E-state index contributed by atoms with van der Waals surface area (Å²) < 4.78 is 44.1. The second-order valence-corrected chi connectivity index (χ2v) is 11.8. The van der Waals surface area contributed by atoms with E-state index in [9.17, 15) is 14.5 Å². The van der Waals surface area contributed by atoms with Gasteiger partial charge < -0.3 is 29.6 Å². The Bertz CT molecular complexity index is 1400. The summed E-state index contributed by atoms with van der Waals surface area (Å²) >= 11 is 0. The molecule has 0 amide bonds. The van der Waals surface area contributed by atoms with Gasteiger partial charge in [0.2, 0.25) is 11.8 Å². The molecule has 3 heterocycles. The minimum Gasteiger partial charge on any atom is -0.476 e. The molecule has 0 spiro atoms. The van der Waals surface area contributed by atoms with Gasteiger partial charge in [0.05, 0.1) is 25.6 Å². The molecule has 2 fully saturated rings. The molecule has 6 atom stereocenters. The molecular weight excluding hydrogens is 555 g/mol. The molecule has 222 valence electrons. The van der Waals surface area contributed by atoms with Gasteiger partial charge in [-0.3, -0.25) is 13.9 Å². The van der Waals surface area contributed by atoms with E-state index in [0.717, 1.165) is 19.3 Å². The molecule has 0 radical (unpaired) electrons. The van der Waals surface area contributed by atoms with E-state index in [1.807, 2.05) is 6.92 Å². The fourth-order valence-electron chi connectivity index (χ4n) is 4.60. The number of nitrogens with one attached hydrogen (secondary N) is 1. The molecule has 1 aliphatic heterocycles. The van der Waals surface area contributed by atoms with Crippen LogP contribution in [0.4, 0.5) is 5.95 Å². The first-order valence-corrected chi connectivity index (χ1v) is 15.2. The maximum atomic E-state index is 13.9. The number of rotatable bonds is 12. The van der Waals surface area contributed by atoms with E-state index in [1.165, 1.54) is 13.3 Å². The number of nitrogen functional groups attached to an aromatic ring is 1. The summed E-state index contributed by atoms with van der Waals surface area (Å²) in [5, 5.41) is 13.7. The number of aliphatic hydroxyl groups excluding tert-OH is 1. The molecule has 2 aliphatic rings. The number of benzene rings is 1. The van der Waals surface area contributed by atoms with Gasteiger partial charge in [-0.15, -0.1) is 0 Å². The van der Waals surface area contributed by atoms with E-state index >= 15 is 0 Å². The van der Waals surface area contributed by atoms with Crippen molar-refractivity contribution in [3.63, 3.8) is 0 Å². The number of hydrogen-bond donors (Lipinski definition) is 3. The lowest BCUT2D eigenvalue weighted by molar-refractivity contribution is -0.154. The van der Waals surface area contributed by atoms with E-state index in [1.54, 1.807) is 41.8 Å². The van der Waals surface area contributed by atoms with Gasteiger partial charge in [0, 0.05) is 5.92 Å². The van der Waals surface area contributed by atoms with Crippen LogP contribution in [0.2, 0.25) is 0 Å². The van der Waals surface area contributed by atoms with Gasteiger partial charge in [-0.2, -0.15) is 15.1 Å². The van der Waals surface area contributed by atoms with Crippen molar-refractivity contribution in [1.82, 2.24) is 24.6 Å². The van der Waals surface area contributed by atoms with E-state index in [4.69, 9.17) is 29.0 Å². The Hall–Kier alpha value is -3.29. The Balaban J connectivity index is 1.31. The number of nitrogens with two attached hydrogens (primary N) is 1. The van der Waals surface area contributed by atoms with Crippen molar-refractivity contribution in [2.75, 3.05) is 18.9 Å². The lowest BCUT2D eigenvalue weighted by Crippen LogP contribution is -2.39. The number of anilines is 1. The third-order valence-electron chi connectivity index (χ3n) is 7.06. The average molecular weight is 591 g/mol. The number of esters is 1. The molecule has 1 aliphatic carbocycles. The average Bonchev–Trinajstić information content (AvgIpc) is 3.46. The van der Waals surface area contributed by atoms with E-state index in [0.29, 0.717) is 17.8 Å². The smallest absolute Gasteiger partial charge is 0.459 e. The van der Waals surface area contributed by atoms with Crippen LogP contribution in [0.25, 0.3) is 11.2 Å². The number of aliphatic hydroxyl groups is 1. The maximum absolute atomic E-state index is 13.9. The number of carbonyl (C=O) groups is 1. The quantitative estimate of drug-likeness (QED) is 0.207. The third-order valence-corrected chi connectivity index (χ3v) is 8.71. The van der Waals surface area contributed by atoms with Crippen LogP contribution in [0.5, 0.6) is 11.6 Å². The van der Waals surface area contributed by atoms with Crippen LogP contribution in [-0.4, -0.2) is 68.2 Å². The predicted octanol–water partition coefficient (Wildman–Crippen LogP) is 2.98. The summed E-state index contributed by atoms with van der Waals surface area (Å²) in [5.41, 5.74) is 6.67. The highest BCUT2D eigenvalue weighted by atomic mass is 31.2. The Morgan fingerprint density at radius 3 is 2.73 bits per heavy atom. The highest BCUT2D eigenvalue weighted by molar-refractivity contribution is 7.52. The maximum Gasteiger partial charge on any atom is 0.459 e. The van der Waals surface area contributed by atoms with E-state index in [2.05, 4.69) is 20.0 Å². The van der Waals surface area contributed by atoms with Crippen LogP contribution in [-0.2, 0) is 23.4 Å². The van der Waals surface area contributed by atoms with Crippen LogP contribution in [0.3, 0.4) is 0 Å². The highest BCUT2D eigenvalue weighted by Gasteiger charge is 2.44. The highest BCUT2D eigenvalue weighted by Crippen LogP contribution is 2.46. The number of para-hydroxylation sites is 1. The molecule has 5 rings (SSSR count). The first-order chi connectivity index (χ1) is 19.7. The van der Waals surface area contributed by atoms with Crippen LogP contribution in [0, 0.1) is 5.92 Å². The van der Waals surface area contributed by atoms with Crippen molar-refractivity contribution in [3.05, 3.63) is 36.7 Å². The van der Waals surface area contributed by atoms with Gasteiger partial charge in [-0.25, -0.2) is 9.55 Å². The fraction of sp³-hybridized carbons (Fsp3) is 0.538. The molecule has 1 saturated heterocycles. The molecule has 1 saturated carbocycles. The molecule has 15 heteroatoms. The van der Waals surface area contributed by atoms with Gasteiger partial charge >= 0.3 is 13.7 Å². The molecular formula is C26H35N6O8P. The first-order valence-electron chi connectivity index (χ1n) is 13.6. The van der Waals surface area contributed by atoms with Gasteiger partial charge in [0.15, 0.2) is 11.2 Å². The summed E-state index contributed by atoms with van der Waals surface area (Å²) in [6, 6.07) is 7.46. The SMILES string of the molecule is CCOc1nc(N)nc2c1ncn2C1OC(COP(=O)(NC(C)C(=O)OC2CCC2)Oc2ccccc2)C(O)C1C. The second-order valence-electron chi connectivity index (χ2n) is 10.1. The standard InChI is InChI=1S/C26H35N6O8P/c1-4-36-23-20-22(29-26(27)30-23)32(14-28-20)24-15(2)21(33)19(39-24)13-37-41(35,40-18-9-6-5-7-10-18)31-16(3)25(34)38-17-11-8-12-17/h5-7,9-10,14-17,19,21,24,33H,4,8,11-13H2,1-3H3,(H,31,35)(H2,27,29,30). The third kappa shape index (κ3) is 6.47. The summed E-state index contributed by atoms with van der Waals surface area (Å²) in [7, 11) is -4.14. The minimum atomic E-state index is -4.14. The molecule has 0 bridgehead atoms. The van der Waals surface area contributed by atoms with Gasteiger partial charge in [0.1, 0.15) is 30.2 Å². The minimum absolute atomic E-state index is 0.00353. The number of hydrogen-bond acceptors (Lipinski definition) is 12. The van der Waals surface area contributed by atoms with Crippen molar-refractivity contribution in [1.29, 1.82) is 0 Å². The molecule has 2 aromatic heterocycles. The number of nitrogens with zero attached hydrogens (tertiary/aromatic N) is 4. The molecule has 6 unspecified atom stereocenters.